The Kier molecular flexibility index (Phi) is 3.83. The lowest BCUT2D eigenvalue weighted by molar-refractivity contribution is 0.640. The Labute approximate surface area is 121 Å². The third-order valence-corrected chi connectivity index (χ3v) is 4.14. The zero-order valence-corrected chi connectivity index (χ0v) is 11.9. The molecule has 0 spiro atoms. The van der Waals surface area contributed by atoms with Gasteiger partial charge >= 0.3 is 0 Å². The van der Waals surface area contributed by atoms with Crippen LogP contribution in [0.4, 0.5) is 0 Å². The molecule has 100 valence electrons. The average molecular weight is 260 g/mol. The van der Waals surface area contributed by atoms with Crippen LogP contribution in [0.25, 0.3) is 0 Å². The van der Waals surface area contributed by atoms with Crippen molar-refractivity contribution in [1.29, 1.82) is 0 Å². The minimum atomic E-state index is 0.419. The molecular weight excluding hydrogens is 240 g/mol. The van der Waals surface area contributed by atoms with Gasteiger partial charge in [-0.25, -0.2) is 0 Å². The van der Waals surface area contributed by atoms with E-state index in [4.69, 9.17) is 0 Å². The van der Waals surface area contributed by atoms with Crippen molar-refractivity contribution in [3.63, 3.8) is 0 Å². The highest BCUT2D eigenvalue weighted by Crippen LogP contribution is 2.40. The molecule has 1 aliphatic carbocycles. The molecule has 0 fully saturated rings. The second kappa shape index (κ2) is 5.92. The fraction of sp³-hybridized carbons (Fsp3) is 0.200. The molecule has 0 amide bonds. The Bertz CT molecular complexity index is 566. The smallest absolute Gasteiger partial charge is 0.0190 e. The summed E-state index contributed by atoms with van der Waals surface area (Å²) in [6, 6.07) is 21.7. The van der Waals surface area contributed by atoms with Crippen LogP contribution in [0.2, 0.25) is 0 Å². The minimum absolute atomic E-state index is 0.419. The van der Waals surface area contributed by atoms with Crippen molar-refractivity contribution < 1.29 is 0 Å². The van der Waals surface area contributed by atoms with Crippen LogP contribution in [-0.4, -0.2) is 0 Å². The zero-order valence-electron chi connectivity index (χ0n) is 11.9. The van der Waals surface area contributed by atoms with E-state index in [9.17, 15) is 0 Å². The van der Waals surface area contributed by atoms with E-state index in [-0.39, 0.29) is 0 Å². The molecule has 2 aromatic rings. The SMILES string of the molecule is CCC1=CC=CC1C(c1ccccc1)c1ccccc1. The molecule has 0 aromatic heterocycles. The van der Waals surface area contributed by atoms with Gasteiger partial charge in [0.05, 0.1) is 0 Å². The van der Waals surface area contributed by atoms with Crippen LogP contribution in [0, 0.1) is 5.92 Å². The van der Waals surface area contributed by atoms with Gasteiger partial charge in [0.25, 0.3) is 0 Å². The Hall–Kier alpha value is -2.08. The summed E-state index contributed by atoms with van der Waals surface area (Å²) >= 11 is 0. The number of hydrogen-bond donors (Lipinski definition) is 0. The maximum absolute atomic E-state index is 2.35. The standard InChI is InChI=1S/C20H20/c1-2-16-14-9-15-19(16)20(17-10-5-3-6-11-17)18-12-7-4-8-13-18/h3-15,19-20H,2H2,1H3. The highest BCUT2D eigenvalue weighted by molar-refractivity contribution is 5.41. The van der Waals surface area contributed by atoms with Crippen LogP contribution < -0.4 is 0 Å². The van der Waals surface area contributed by atoms with Gasteiger partial charge in [0.2, 0.25) is 0 Å². The summed E-state index contributed by atoms with van der Waals surface area (Å²) < 4.78 is 0. The fourth-order valence-corrected chi connectivity index (χ4v) is 3.14. The zero-order chi connectivity index (χ0) is 13.8. The summed E-state index contributed by atoms with van der Waals surface area (Å²) in [6.45, 7) is 2.25. The molecule has 0 radical (unpaired) electrons. The van der Waals surface area contributed by atoms with Gasteiger partial charge in [-0.3, -0.25) is 0 Å². The second-order valence-electron chi connectivity index (χ2n) is 5.30. The normalized spacial score (nSPS) is 17.5. The summed E-state index contributed by atoms with van der Waals surface area (Å²) in [5.74, 6) is 0.909. The number of hydrogen-bond acceptors (Lipinski definition) is 0. The number of allylic oxidation sites excluding steroid dienone is 4. The summed E-state index contributed by atoms with van der Waals surface area (Å²) in [5, 5.41) is 0. The van der Waals surface area contributed by atoms with Gasteiger partial charge in [0, 0.05) is 11.8 Å². The molecule has 0 saturated heterocycles. The van der Waals surface area contributed by atoms with Crippen LogP contribution in [-0.2, 0) is 0 Å². The van der Waals surface area contributed by atoms with Gasteiger partial charge in [-0.05, 0) is 17.5 Å². The molecule has 1 unspecified atom stereocenters. The molecule has 0 bridgehead atoms. The predicted octanol–water partition coefficient (Wildman–Crippen LogP) is 5.34. The highest BCUT2D eigenvalue weighted by Gasteiger charge is 2.26. The predicted molar refractivity (Wildman–Crippen MR) is 85.7 cm³/mol. The first kappa shape index (κ1) is 12.9. The quantitative estimate of drug-likeness (QED) is 0.696. The van der Waals surface area contributed by atoms with Crippen molar-refractivity contribution in [3.8, 4) is 0 Å². The molecule has 3 rings (SSSR count). The van der Waals surface area contributed by atoms with Crippen LogP contribution in [0.3, 0.4) is 0 Å². The van der Waals surface area contributed by atoms with Gasteiger partial charge in [0.1, 0.15) is 0 Å². The molecule has 1 atom stereocenters. The molecule has 0 aliphatic heterocycles. The second-order valence-corrected chi connectivity index (χ2v) is 5.30. The van der Waals surface area contributed by atoms with Gasteiger partial charge in [0.15, 0.2) is 0 Å². The summed E-state index contributed by atoms with van der Waals surface area (Å²) in [5.41, 5.74) is 4.33. The van der Waals surface area contributed by atoms with Crippen LogP contribution in [0.1, 0.15) is 30.4 Å². The van der Waals surface area contributed by atoms with Gasteiger partial charge < -0.3 is 0 Å². The van der Waals surface area contributed by atoms with E-state index < -0.39 is 0 Å². The lowest BCUT2D eigenvalue weighted by Crippen LogP contribution is -2.13. The maximum Gasteiger partial charge on any atom is 0.0190 e. The monoisotopic (exact) mass is 260 g/mol. The Morgan fingerprint density at radius 2 is 1.40 bits per heavy atom. The van der Waals surface area contributed by atoms with Gasteiger partial charge in [-0.15, -0.1) is 0 Å². The number of benzene rings is 2. The Morgan fingerprint density at radius 3 is 1.90 bits per heavy atom. The lowest BCUT2D eigenvalue weighted by Gasteiger charge is -2.26. The molecule has 0 saturated carbocycles. The molecule has 20 heavy (non-hydrogen) atoms. The molecule has 1 aliphatic rings. The van der Waals surface area contributed by atoms with Gasteiger partial charge in [-0.1, -0.05) is 91.4 Å². The first-order valence-electron chi connectivity index (χ1n) is 7.37. The minimum Gasteiger partial charge on any atom is -0.0764 e. The van der Waals surface area contributed by atoms with E-state index in [1.807, 2.05) is 0 Å². The fourth-order valence-electron chi connectivity index (χ4n) is 3.14. The largest absolute Gasteiger partial charge is 0.0764 e. The summed E-state index contributed by atoms with van der Waals surface area (Å²) in [4.78, 5) is 0. The van der Waals surface area contributed by atoms with Crippen molar-refractivity contribution in [1.82, 2.24) is 0 Å². The highest BCUT2D eigenvalue weighted by atomic mass is 14.3. The van der Waals surface area contributed by atoms with Gasteiger partial charge in [-0.2, -0.15) is 0 Å². The van der Waals surface area contributed by atoms with Crippen LogP contribution >= 0.6 is 0 Å². The first-order chi connectivity index (χ1) is 9.90. The van der Waals surface area contributed by atoms with Crippen molar-refractivity contribution in [2.45, 2.75) is 19.3 Å². The van der Waals surface area contributed by atoms with E-state index in [0.29, 0.717) is 11.8 Å². The first-order valence-corrected chi connectivity index (χ1v) is 7.37. The molecule has 0 N–H and O–H groups in total. The summed E-state index contributed by atoms with van der Waals surface area (Å²) in [7, 11) is 0. The van der Waals surface area contributed by atoms with Crippen molar-refractivity contribution in [3.05, 3.63) is 95.6 Å². The lowest BCUT2D eigenvalue weighted by atomic mass is 9.78. The van der Waals surface area contributed by atoms with E-state index in [0.717, 1.165) is 6.42 Å². The van der Waals surface area contributed by atoms with Crippen LogP contribution in [0.15, 0.2) is 84.5 Å². The van der Waals surface area contributed by atoms with Crippen molar-refractivity contribution in [2.24, 2.45) is 5.92 Å². The van der Waals surface area contributed by atoms with E-state index in [1.54, 1.807) is 0 Å². The topological polar surface area (TPSA) is 0 Å². The van der Waals surface area contributed by atoms with Crippen LogP contribution in [0.5, 0.6) is 0 Å². The summed E-state index contributed by atoms with van der Waals surface area (Å²) in [6.07, 6.45) is 7.96. The molecular formula is C20H20. The van der Waals surface area contributed by atoms with E-state index in [1.165, 1.54) is 16.7 Å². The van der Waals surface area contributed by atoms with E-state index >= 15 is 0 Å². The maximum atomic E-state index is 2.35. The molecule has 2 aromatic carbocycles. The number of rotatable bonds is 4. The Balaban J connectivity index is 2.05. The van der Waals surface area contributed by atoms with Crippen molar-refractivity contribution >= 4 is 0 Å². The molecule has 0 heterocycles. The third kappa shape index (κ3) is 2.46. The Morgan fingerprint density at radius 1 is 0.850 bits per heavy atom. The molecule has 0 heteroatoms. The average Bonchev–Trinajstić information content (AvgIpc) is 2.98. The van der Waals surface area contributed by atoms with Crippen molar-refractivity contribution in [2.75, 3.05) is 0 Å². The van der Waals surface area contributed by atoms with E-state index in [2.05, 4.69) is 85.8 Å². The molecule has 0 nitrogen and oxygen atoms in total. The third-order valence-electron chi connectivity index (χ3n) is 4.14.